The summed E-state index contributed by atoms with van der Waals surface area (Å²) in [6.45, 7) is 2.56. The summed E-state index contributed by atoms with van der Waals surface area (Å²) in [5.41, 5.74) is 8.52. The van der Waals surface area contributed by atoms with Crippen LogP contribution in [0, 0.1) is 12.8 Å². The molecule has 1 saturated carbocycles. The van der Waals surface area contributed by atoms with Crippen LogP contribution in [0.5, 0.6) is 0 Å². The molecule has 4 rings (SSSR count). The number of amides is 2. The third-order valence-electron chi connectivity index (χ3n) is 4.96. The summed E-state index contributed by atoms with van der Waals surface area (Å²) >= 11 is 1.52. The lowest BCUT2D eigenvalue weighted by atomic mass is 9.95. The minimum Gasteiger partial charge on any atom is -0.366 e. The molecule has 0 spiro atoms. The predicted molar refractivity (Wildman–Crippen MR) is 98.2 cm³/mol. The molecule has 130 valence electrons. The van der Waals surface area contributed by atoms with E-state index >= 15 is 0 Å². The van der Waals surface area contributed by atoms with Crippen LogP contribution in [-0.4, -0.2) is 23.3 Å². The van der Waals surface area contributed by atoms with Gasteiger partial charge < -0.3 is 10.6 Å². The van der Waals surface area contributed by atoms with E-state index in [1.165, 1.54) is 24.2 Å². The maximum absolute atomic E-state index is 13.2. The van der Waals surface area contributed by atoms with Gasteiger partial charge in [-0.05, 0) is 56.2 Å². The highest BCUT2D eigenvalue weighted by Gasteiger charge is 2.30. The zero-order valence-corrected chi connectivity index (χ0v) is 15.1. The minimum absolute atomic E-state index is 0.0142. The molecule has 5 nitrogen and oxygen atoms in total. The van der Waals surface area contributed by atoms with Crippen molar-refractivity contribution in [3.05, 3.63) is 44.9 Å². The first-order valence-corrected chi connectivity index (χ1v) is 9.56. The number of fused-ring (bicyclic) bond motifs is 1. The highest BCUT2D eigenvalue weighted by atomic mass is 32.1. The summed E-state index contributed by atoms with van der Waals surface area (Å²) in [7, 11) is 0. The molecule has 2 amide bonds. The van der Waals surface area contributed by atoms with Crippen molar-refractivity contribution in [2.75, 3.05) is 11.4 Å². The summed E-state index contributed by atoms with van der Waals surface area (Å²) in [4.78, 5) is 32.0. The normalized spacial score (nSPS) is 16.6. The lowest BCUT2D eigenvalue weighted by molar-refractivity contribution is 0.0979. The topological polar surface area (TPSA) is 76.3 Å². The van der Waals surface area contributed by atoms with Gasteiger partial charge in [0.05, 0.1) is 10.7 Å². The van der Waals surface area contributed by atoms with Crippen LogP contribution in [0.3, 0.4) is 0 Å². The molecule has 2 heterocycles. The zero-order valence-electron chi connectivity index (χ0n) is 14.2. The molecule has 0 saturated heterocycles. The Morgan fingerprint density at radius 3 is 2.88 bits per heavy atom. The molecule has 2 aliphatic rings. The molecule has 25 heavy (non-hydrogen) atoms. The van der Waals surface area contributed by atoms with Gasteiger partial charge in [0.25, 0.3) is 5.91 Å². The molecule has 1 aliphatic heterocycles. The van der Waals surface area contributed by atoms with Crippen molar-refractivity contribution in [1.82, 2.24) is 4.98 Å². The summed E-state index contributed by atoms with van der Waals surface area (Å²) in [6, 6.07) is 5.43. The van der Waals surface area contributed by atoms with Gasteiger partial charge in [0, 0.05) is 24.2 Å². The van der Waals surface area contributed by atoms with E-state index < -0.39 is 5.91 Å². The number of aryl methyl sites for hydroxylation is 1. The van der Waals surface area contributed by atoms with Crippen molar-refractivity contribution in [3.8, 4) is 0 Å². The second-order valence-corrected chi connectivity index (χ2v) is 7.98. The van der Waals surface area contributed by atoms with Gasteiger partial charge in [-0.3, -0.25) is 9.59 Å². The summed E-state index contributed by atoms with van der Waals surface area (Å²) in [5, 5.41) is 1.06. The van der Waals surface area contributed by atoms with Crippen LogP contribution in [0.25, 0.3) is 0 Å². The largest absolute Gasteiger partial charge is 0.366 e. The Labute approximate surface area is 150 Å². The third kappa shape index (κ3) is 3.06. The number of rotatable bonds is 4. The SMILES string of the molecule is Cc1nc(CC2CC2)sc1C(=O)N1CCCc2c(C(N)=O)cccc21. The van der Waals surface area contributed by atoms with Gasteiger partial charge in [0.2, 0.25) is 5.91 Å². The number of hydrogen-bond acceptors (Lipinski definition) is 4. The lowest BCUT2D eigenvalue weighted by Gasteiger charge is -2.30. The molecule has 1 fully saturated rings. The highest BCUT2D eigenvalue weighted by Crippen LogP contribution is 2.36. The summed E-state index contributed by atoms with van der Waals surface area (Å²) < 4.78 is 0. The first-order valence-electron chi connectivity index (χ1n) is 8.74. The van der Waals surface area contributed by atoms with E-state index in [-0.39, 0.29) is 5.91 Å². The van der Waals surface area contributed by atoms with Crippen LogP contribution in [-0.2, 0) is 12.8 Å². The number of carbonyl (C=O) groups is 2. The predicted octanol–water partition coefficient (Wildman–Crippen LogP) is 3.10. The quantitative estimate of drug-likeness (QED) is 0.915. The Morgan fingerprint density at radius 2 is 2.16 bits per heavy atom. The Kier molecular flexibility index (Phi) is 4.07. The van der Waals surface area contributed by atoms with Crippen molar-refractivity contribution in [2.24, 2.45) is 11.7 Å². The van der Waals surface area contributed by atoms with E-state index in [4.69, 9.17) is 5.73 Å². The van der Waals surface area contributed by atoms with Gasteiger partial charge in [0.1, 0.15) is 4.88 Å². The monoisotopic (exact) mass is 355 g/mol. The molecule has 1 aliphatic carbocycles. The number of anilines is 1. The lowest BCUT2D eigenvalue weighted by Crippen LogP contribution is -2.36. The number of aromatic nitrogens is 1. The fourth-order valence-electron chi connectivity index (χ4n) is 3.50. The molecule has 1 aromatic carbocycles. The van der Waals surface area contributed by atoms with Crippen LogP contribution in [0.4, 0.5) is 5.69 Å². The zero-order chi connectivity index (χ0) is 17.6. The van der Waals surface area contributed by atoms with E-state index in [2.05, 4.69) is 4.98 Å². The van der Waals surface area contributed by atoms with E-state index in [1.54, 1.807) is 17.0 Å². The van der Waals surface area contributed by atoms with Crippen molar-refractivity contribution >= 4 is 28.8 Å². The smallest absolute Gasteiger partial charge is 0.270 e. The van der Waals surface area contributed by atoms with Crippen molar-refractivity contribution in [1.29, 1.82) is 0 Å². The van der Waals surface area contributed by atoms with Crippen molar-refractivity contribution < 1.29 is 9.59 Å². The summed E-state index contributed by atoms with van der Waals surface area (Å²) in [6.07, 6.45) is 5.14. The van der Waals surface area contributed by atoms with Crippen LogP contribution in [0.1, 0.15) is 55.6 Å². The number of carbonyl (C=O) groups excluding carboxylic acids is 2. The molecule has 0 unspecified atom stereocenters. The molecule has 0 radical (unpaired) electrons. The van der Waals surface area contributed by atoms with Crippen LogP contribution >= 0.6 is 11.3 Å². The van der Waals surface area contributed by atoms with Gasteiger partial charge >= 0.3 is 0 Å². The number of nitrogens with zero attached hydrogens (tertiary/aromatic N) is 2. The van der Waals surface area contributed by atoms with Crippen LogP contribution < -0.4 is 10.6 Å². The maximum Gasteiger partial charge on any atom is 0.270 e. The van der Waals surface area contributed by atoms with E-state index in [0.29, 0.717) is 17.0 Å². The highest BCUT2D eigenvalue weighted by molar-refractivity contribution is 7.14. The maximum atomic E-state index is 13.2. The van der Waals surface area contributed by atoms with Crippen LogP contribution in [0.15, 0.2) is 18.2 Å². The molecule has 1 aromatic heterocycles. The minimum atomic E-state index is -0.438. The second-order valence-electron chi connectivity index (χ2n) is 6.90. The van der Waals surface area contributed by atoms with E-state index in [0.717, 1.165) is 47.1 Å². The molecule has 0 atom stereocenters. The average molecular weight is 355 g/mol. The van der Waals surface area contributed by atoms with Crippen LogP contribution in [0.2, 0.25) is 0 Å². The average Bonchev–Trinajstić information content (AvgIpc) is 3.33. The molecule has 6 heteroatoms. The number of primary amides is 1. The van der Waals surface area contributed by atoms with Crippen molar-refractivity contribution in [2.45, 2.75) is 39.0 Å². The first kappa shape index (κ1) is 16.3. The fourth-order valence-corrected chi connectivity index (χ4v) is 4.62. The number of thiazole rings is 1. The first-order chi connectivity index (χ1) is 12.0. The Bertz CT molecular complexity index is 854. The fraction of sp³-hybridized carbons (Fsp3) is 0.421. The van der Waals surface area contributed by atoms with Gasteiger partial charge in [-0.1, -0.05) is 6.07 Å². The van der Waals surface area contributed by atoms with Gasteiger partial charge in [-0.25, -0.2) is 4.98 Å². The number of hydrogen-bond donors (Lipinski definition) is 1. The van der Waals surface area contributed by atoms with Gasteiger partial charge in [-0.2, -0.15) is 0 Å². The Morgan fingerprint density at radius 1 is 1.36 bits per heavy atom. The second kappa shape index (κ2) is 6.26. The molecular formula is C19H21N3O2S. The van der Waals surface area contributed by atoms with E-state index in [1.807, 2.05) is 13.0 Å². The number of benzene rings is 1. The van der Waals surface area contributed by atoms with Gasteiger partial charge in [-0.15, -0.1) is 11.3 Å². The van der Waals surface area contributed by atoms with Crippen molar-refractivity contribution in [3.63, 3.8) is 0 Å². The third-order valence-corrected chi connectivity index (χ3v) is 6.12. The van der Waals surface area contributed by atoms with E-state index in [9.17, 15) is 9.59 Å². The number of nitrogens with two attached hydrogens (primary N) is 1. The van der Waals surface area contributed by atoms with Gasteiger partial charge in [0.15, 0.2) is 0 Å². The summed E-state index contributed by atoms with van der Waals surface area (Å²) in [5.74, 6) is 0.300. The molecular weight excluding hydrogens is 334 g/mol. The molecule has 2 N–H and O–H groups in total. The Balaban J connectivity index is 1.67. The molecule has 2 aromatic rings. The Hall–Kier alpha value is -2.21. The molecule has 0 bridgehead atoms. The standard InChI is InChI=1S/C19H21N3O2S/c1-11-17(25-16(21-11)10-12-7-8-12)19(24)22-9-3-5-13-14(18(20)23)4-2-6-15(13)22/h2,4,6,12H,3,5,7-10H2,1H3,(H2,20,23).